The normalized spacial score (nSPS) is 10.9. The Balaban J connectivity index is 1.77. The average Bonchev–Trinajstić information content (AvgIpc) is 2.70. The number of ether oxygens (including phenoxy) is 1. The first kappa shape index (κ1) is 21.4. The van der Waals surface area contributed by atoms with Gasteiger partial charge in [0, 0.05) is 12.4 Å². The molecule has 0 saturated heterocycles. The summed E-state index contributed by atoms with van der Waals surface area (Å²) < 4.78 is 6.00. The zero-order valence-electron chi connectivity index (χ0n) is 17.3. The van der Waals surface area contributed by atoms with Gasteiger partial charge in [0.15, 0.2) is 0 Å². The number of nitrogens with zero attached hydrogens (tertiary/aromatic N) is 2. The molecule has 2 aromatic rings. The van der Waals surface area contributed by atoms with Gasteiger partial charge in [-0.25, -0.2) is 4.98 Å². The van der Waals surface area contributed by atoms with E-state index in [0.717, 1.165) is 30.7 Å². The fourth-order valence-electron chi connectivity index (χ4n) is 3.28. The minimum atomic E-state index is 0.647. The van der Waals surface area contributed by atoms with Crippen molar-refractivity contribution in [2.75, 3.05) is 0 Å². The summed E-state index contributed by atoms with van der Waals surface area (Å²) in [7, 11) is 0. The highest BCUT2D eigenvalue weighted by Gasteiger charge is 2.07. The molecule has 0 aliphatic carbocycles. The monoisotopic (exact) mass is 368 g/mol. The molecule has 0 radical (unpaired) electrons. The third kappa shape index (κ3) is 8.55. The Kier molecular flexibility index (Phi) is 10.5. The first-order chi connectivity index (χ1) is 13.3. The number of aromatic nitrogens is 2. The summed E-state index contributed by atoms with van der Waals surface area (Å²) in [6, 6.07) is 8.47. The largest absolute Gasteiger partial charge is 0.437 e. The Morgan fingerprint density at radius 2 is 1.26 bits per heavy atom. The Hall–Kier alpha value is -1.90. The highest BCUT2D eigenvalue weighted by molar-refractivity contribution is 5.32. The summed E-state index contributed by atoms with van der Waals surface area (Å²) in [4.78, 5) is 8.83. The fourth-order valence-corrected chi connectivity index (χ4v) is 3.28. The van der Waals surface area contributed by atoms with Crippen molar-refractivity contribution >= 4 is 0 Å². The third-order valence-corrected chi connectivity index (χ3v) is 4.96. The topological polar surface area (TPSA) is 35.0 Å². The van der Waals surface area contributed by atoms with Gasteiger partial charge in [-0.3, -0.25) is 4.98 Å². The highest BCUT2D eigenvalue weighted by Crippen LogP contribution is 2.23. The molecule has 1 heterocycles. The molecule has 3 nitrogen and oxygen atoms in total. The second-order valence-electron chi connectivity index (χ2n) is 7.38. The molecule has 0 aliphatic heterocycles. The molecule has 0 spiro atoms. The van der Waals surface area contributed by atoms with Crippen molar-refractivity contribution in [3.05, 3.63) is 47.9 Å². The molecule has 0 aliphatic rings. The summed E-state index contributed by atoms with van der Waals surface area (Å²) in [5, 5.41) is 0. The molecule has 2 rings (SSSR count). The first-order valence-corrected chi connectivity index (χ1v) is 10.9. The van der Waals surface area contributed by atoms with E-state index in [1.807, 2.05) is 0 Å². The molecule has 0 bridgehead atoms. The van der Waals surface area contributed by atoms with Gasteiger partial charge >= 0.3 is 0 Å². The van der Waals surface area contributed by atoms with Crippen LogP contribution in [0, 0.1) is 0 Å². The van der Waals surface area contributed by atoms with Crippen molar-refractivity contribution in [2.45, 2.75) is 90.9 Å². The summed E-state index contributed by atoms with van der Waals surface area (Å²) in [6.45, 7) is 4.48. The van der Waals surface area contributed by atoms with Gasteiger partial charge < -0.3 is 4.74 Å². The van der Waals surface area contributed by atoms with Crippen molar-refractivity contribution in [3.63, 3.8) is 0 Å². The summed E-state index contributed by atoms with van der Waals surface area (Å²) >= 11 is 0. The van der Waals surface area contributed by atoms with Gasteiger partial charge in [-0.05, 0) is 43.4 Å². The van der Waals surface area contributed by atoms with Crippen molar-refractivity contribution in [2.24, 2.45) is 0 Å². The molecule has 0 unspecified atom stereocenters. The first-order valence-electron chi connectivity index (χ1n) is 10.9. The maximum Gasteiger partial charge on any atom is 0.241 e. The van der Waals surface area contributed by atoms with E-state index in [4.69, 9.17) is 4.74 Å². The number of unbranched alkanes of at least 4 members (excludes halogenated alkanes) is 8. The van der Waals surface area contributed by atoms with Crippen LogP contribution in [0.3, 0.4) is 0 Å². The Morgan fingerprint density at radius 1 is 0.667 bits per heavy atom. The van der Waals surface area contributed by atoms with Crippen LogP contribution < -0.4 is 4.74 Å². The van der Waals surface area contributed by atoms with Crippen LogP contribution in [0.2, 0.25) is 0 Å². The lowest BCUT2D eigenvalue weighted by Gasteiger charge is -2.09. The molecule has 0 fully saturated rings. The van der Waals surface area contributed by atoms with Gasteiger partial charge in [0.25, 0.3) is 0 Å². The van der Waals surface area contributed by atoms with Gasteiger partial charge in [-0.1, -0.05) is 77.3 Å². The number of aryl methyl sites for hydroxylation is 2. The van der Waals surface area contributed by atoms with Crippen LogP contribution in [0.5, 0.6) is 11.6 Å². The van der Waals surface area contributed by atoms with Gasteiger partial charge in [0.2, 0.25) is 5.88 Å². The predicted molar refractivity (Wildman–Crippen MR) is 113 cm³/mol. The number of benzene rings is 1. The van der Waals surface area contributed by atoms with E-state index in [0.29, 0.717) is 5.88 Å². The molecular formula is C24H36N2O. The maximum absolute atomic E-state index is 6.00. The van der Waals surface area contributed by atoms with Crippen LogP contribution in [0.25, 0.3) is 0 Å². The molecule has 0 N–H and O–H groups in total. The lowest BCUT2D eigenvalue weighted by Crippen LogP contribution is -1.98. The molecule has 27 heavy (non-hydrogen) atoms. The van der Waals surface area contributed by atoms with E-state index in [1.165, 1.54) is 63.4 Å². The average molecular weight is 369 g/mol. The number of hydrogen-bond acceptors (Lipinski definition) is 3. The van der Waals surface area contributed by atoms with E-state index in [1.54, 1.807) is 12.4 Å². The quantitative estimate of drug-likeness (QED) is 0.328. The molecule has 1 aromatic heterocycles. The lowest BCUT2D eigenvalue weighted by molar-refractivity contribution is 0.450. The van der Waals surface area contributed by atoms with E-state index < -0.39 is 0 Å². The minimum Gasteiger partial charge on any atom is -0.437 e. The predicted octanol–water partition coefficient (Wildman–Crippen LogP) is 7.29. The van der Waals surface area contributed by atoms with E-state index in [9.17, 15) is 0 Å². The summed E-state index contributed by atoms with van der Waals surface area (Å²) in [5.41, 5.74) is 2.34. The Labute approximate surface area is 165 Å². The van der Waals surface area contributed by atoms with Crippen molar-refractivity contribution in [1.29, 1.82) is 0 Å². The van der Waals surface area contributed by atoms with E-state index in [2.05, 4.69) is 48.1 Å². The summed E-state index contributed by atoms with van der Waals surface area (Å²) in [5.74, 6) is 1.49. The van der Waals surface area contributed by atoms with Gasteiger partial charge in [0.1, 0.15) is 11.4 Å². The Bertz CT molecular complexity index is 625. The maximum atomic E-state index is 6.00. The van der Waals surface area contributed by atoms with E-state index in [-0.39, 0.29) is 0 Å². The van der Waals surface area contributed by atoms with Crippen LogP contribution in [0.15, 0.2) is 36.7 Å². The molecule has 148 valence electrons. The van der Waals surface area contributed by atoms with E-state index >= 15 is 0 Å². The number of hydrogen-bond donors (Lipinski definition) is 0. The smallest absolute Gasteiger partial charge is 0.241 e. The van der Waals surface area contributed by atoms with Gasteiger partial charge in [-0.2, -0.15) is 0 Å². The fraction of sp³-hybridized carbons (Fsp3) is 0.583. The van der Waals surface area contributed by atoms with Crippen LogP contribution >= 0.6 is 0 Å². The second kappa shape index (κ2) is 13.3. The van der Waals surface area contributed by atoms with Crippen LogP contribution in [0.4, 0.5) is 0 Å². The molecular weight excluding hydrogens is 332 g/mol. The van der Waals surface area contributed by atoms with Crippen molar-refractivity contribution < 1.29 is 4.74 Å². The van der Waals surface area contributed by atoms with Crippen LogP contribution in [0.1, 0.15) is 89.3 Å². The highest BCUT2D eigenvalue weighted by atomic mass is 16.5. The van der Waals surface area contributed by atoms with Crippen LogP contribution in [-0.4, -0.2) is 9.97 Å². The standard InChI is InChI=1S/C24H36N2O/c1-3-5-7-8-9-10-12-13-21-15-17-22(18-16-21)27-24-23(14-11-6-4-2)25-19-20-26-24/h15-20H,3-14H2,1-2H3. The zero-order valence-corrected chi connectivity index (χ0v) is 17.3. The summed E-state index contributed by atoms with van der Waals surface area (Å²) in [6.07, 6.45) is 18.5. The van der Waals surface area contributed by atoms with Crippen LogP contribution in [-0.2, 0) is 12.8 Å². The molecule has 0 saturated carbocycles. The molecule has 3 heteroatoms. The van der Waals surface area contributed by atoms with Gasteiger partial charge in [0.05, 0.1) is 0 Å². The molecule has 0 atom stereocenters. The third-order valence-electron chi connectivity index (χ3n) is 4.96. The van der Waals surface area contributed by atoms with Gasteiger partial charge in [-0.15, -0.1) is 0 Å². The Morgan fingerprint density at radius 3 is 2.00 bits per heavy atom. The minimum absolute atomic E-state index is 0.647. The number of rotatable bonds is 14. The zero-order chi connectivity index (χ0) is 19.2. The lowest BCUT2D eigenvalue weighted by atomic mass is 10.0. The molecule has 1 aromatic carbocycles. The van der Waals surface area contributed by atoms with Crippen molar-refractivity contribution in [3.8, 4) is 11.6 Å². The van der Waals surface area contributed by atoms with Crippen molar-refractivity contribution in [1.82, 2.24) is 9.97 Å². The SMILES string of the molecule is CCCCCCCCCc1ccc(Oc2nccnc2CCCCC)cc1. The molecule has 0 amide bonds. The second-order valence-corrected chi connectivity index (χ2v) is 7.38.